The van der Waals surface area contributed by atoms with Crippen LogP contribution in [0.1, 0.15) is 18.9 Å². The largest absolute Gasteiger partial charge is 0.380 e. The van der Waals surface area contributed by atoms with Crippen LogP contribution >= 0.6 is 11.6 Å². The third kappa shape index (κ3) is 5.21. The predicted molar refractivity (Wildman–Crippen MR) is 126 cm³/mol. The van der Waals surface area contributed by atoms with Crippen LogP contribution in [-0.4, -0.2) is 47.2 Å². The molecule has 1 aromatic heterocycles. The molecule has 2 aromatic rings. The van der Waals surface area contributed by atoms with E-state index in [9.17, 15) is 18.8 Å². The van der Waals surface area contributed by atoms with Gasteiger partial charge >= 0.3 is 6.03 Å². The molecule has 1 aliphatic carbocycles. The van der Waals surface area contributed by atoms with E-state index in [1.165, 1.54) is 28.7 Å². The minimum absolute atomic E-state index is 0.0177. The number of likely N-dealkylation sites (tertiary alicyclic amines) is 1. The summed E-state index contributed by atoms with van der Waals surface area (Å²) in [6, 6.07) is 9.51. The number of hydrogen-bond acceptors (Lipinski definition) is 4. The first kappa shape index (κ1) is 23.7. The van der Waals surface area contributed by atoms with Gasteiger partial charge in [0.15, 0.2) is 0 Å². The molecule has 0 bridgehead atoms. The van der Waals surface area contributed by atoms with Crippen molar-refractivity contribution in [3.8, 4) is 0 Å². The van der Waals surface area contributed by atoms with E-state index < -0.39 is 29.8 Å². The molecule has 34 heavy (non-hydrogen) atoms. The van der Waals surface area contributed by atoms with Crippen LogP contribution in [0.15, 0.2) is 77.1 Å². The number of methoxy groups -OCH3 is 1. The maximum atomic E-state index is 14.9. The Labute approximate surface area is 200 Å². The van der Waals surface area contributed by atoms with Crippen LogP contribution in [-0.2, 0) is 9.53 Å². The Bertz CT molecular complexity index is 1190. The Kier molecular flexibility index (Phi) is 7.14. The van der Waals surface area contributed by atoms with Crippen LogP contribution in [0, 0.1) is 0 Å². The second kappa shape index (κ2) is 10.2. The van der Waals surface area contributed by atoms with E-state index in [1.54, 1.807) is 48.7 Å². The van der Waals surface area contributed by atoms with Crippen molar-refractivity contribution in [1.29, 1.82) is 0 Å². The molecule has 2 aliphatic rings. The maximum Gasteiger partial charge on any atom is 0.322 e. The molecule has 10 heteroatoms. The average molecular weight is 487 g/mol. The van der Waals surface area contributed by atoms with Gasteiger partial charge in [0.25, 0.3) is 5.56 Å². The van der Waals surface area contributed by atoms with Crippen molar-refractivity contribution in [2.75, 3.05) is 19.0 Å². The van der Waals surface area contributed by atoms with Gasteiger partial charge in [-0.1, -0.05) is 23.7 Å². The molecule has 3 atom stereocenters. The molecule has 0 radical (unpaired) electrons. The highest BCUT2D eigenvalue weighted by molar-refractivity contribution is 6.30. The second-order valence-corrected chi connectivity index (χ2v) is 8.52. The highest BCUT2D eigenvalue weighted by atomic mass is 35.5. The van der Waals surface area contributed by atoms with Crippen LogP contribution in [0.3, 0.4) is 0 Å². The molecule has 1 fully saturated rings. The molecule has 0 saturated carbocycles. The molecular weight excluding hydrogens is 463 g/mol. The summed E-state index contributed by atoms with van der Waals surface area (Å²) >= 11 is 5.88. The molecule has 1 saturated heterocycles. The van der Waals surface area contributed by atoms with Gasteiger partial charge in [0, 0.05) is 49.5 Å². The second-order valence-electron chi connectivity index (χ2n) is 8.08. The van der Waals surface area contributed by atoms with E-state index in [0.717, 1.165) is 0 Å². The Morgan fingerprint density at radius 3 is 2.59 bits per heavy atom. The van der Waals surface area contributed by atoms with Gasteiger partial charge in [0.1, 0.15) is 11.9 Å². The van der Waals surface area contributed by atoms with Crippen molar-refractivity contribution in [3.63, 3.8) is 0 Å². The first-order valence-corrected chi connectivity index (χ1v) is 11.1. The van der Waals surface area contributed by atoms with E-state index in [0.29, 0.717) is 10.7 Å². The number of allylic oxidation sites excluding steroid dienone is 3. The number of carbonyl (C=O) groups excluding carboxylic acids is 2. The van der Waals surface area contributed by atoms with Crippen LogP contribution < -0.4 is 16.2 Å². The molecule has 2 N–H and O–H groups in total. The number of nitrogens with one attached hydrogen (secondary N) is 2. The Balaban J connectivity index is 1.45. The molecule has 178 valence electrons. The van der Waals surface area contributed by atoms with Gasteiger partial charge in [0.2, 0.25) is 5.91 Å². The minimum atomic E-state index is -0.847. The zero-order valence-corrected chi connectivity index (χ0v) is 19.2. The van der Waals surface area contributed by atoms with Gasteiger partial charge in [-0.2, -0.15) is 0 Å². The Hall–Kier alpha value is -3.43. The fourth-order valence-electron chi connectivity index (χ4n) is 4.06. The summed E-state index contributed by atoms with van der Waals surface area (Å²) in [5.41, 5.74) is 0.307. The molecule has 0 spiro atoms. The van der Waals surface area contributed by atoms with E-state index in [-0.39, 0.29) is 36.7 Å². The topological polar surface area (TPSA) is 92.7 Å². The summed E-state index contributed by atoms with van der Waals surface area (Å²) in [5.74, 6) is -1.06. The number of aromatic nitrogens is 1. The molecule has 1 aliphatic heterocycles. The lowest BCUT2D eigenvalue weighted by Gasteiger charge is -2.25. The van der Waals surface area contributed by atoms with Crippen LogP contribution in [0.4, 0.5) is 14.9 Å². The fraction of sp³-hybridized carbons (Fsp3) is 0.292. The molecular formula is C24H24ClFN4O4. The monoisotopic (exact) mass is 486 g/mol. The lowest BCUT2D eigenvalue weighted by atomic mass is 10.0. The fourth-order valence-corrected chi connectivity index (χ4v) is 4.19. The van der Waals surface area contributed by atoms with Gasteiger partial charge in [0.05, 0.1) is 17.8 Å². The number of nitrogens with zero attached hydrogens (tertiary/aromatic N) is 2. The molecule has 1 unspecified atom stereocenters. The molecule has 3 amide bonds. The number of urea groups is 1. The Morgan fingerprint density at radius 2 is 1.91 bits per heavy atom. The normalized spacial score (nSPS) is 22.1. The van der Waals surface area contributed by atoms with Crippen molar-refractivity contribution in [1.82, 2.24) is 14.8 Å². The molecule has 2 heterocycles. The lowest BCUT2D eigenvalue weighted by Crippen LogP contribution is -2.47. The number of amides is 3. The summed E-state index contributed by atoms with van der Waals surface area (Å²) in [4.78, 5) is 39.3. The van der Waals surface area contributed by atoms with Gasteiger partial charge in [-0.05, 0) is 36.4 Å². The minimum Gasteiger partial charge on any atom is -0.380 e. The number of carbonyl (C=O) groups is 2. The number of anilines is 1. The van der Waals surface area contributed by atoms with Crippen LogP contribution in [0.25, 0.3) is 0 Å². The van der Waals surface area contributed by atoms with Gasteiger partial charge in [-0.15, -0.1) is 0 Å². The number of pyridine rings is 1. The van der Waals surface area contributed by atoms with Crippen LogP contribution in [0.5, 0.6) is 0 Å². The van der Waals surface area contributed by atoms with Gasteiger partial charge < -0.3 is 24.8 Å². The smallest absolute Gasteiger partial charge is 0.322 e. The third-order valence-electron chi connectivity index (χ3n) is 5.89. The third-order valence-corrected chi connectivity index (χ3v) is 6.14. The summed E-state index contributed by atoms with van der Waals surface area (Å²) in [5, 5.41) is 5.87. The van der Waals surface area contributed by atoms with E-state index >= 15 is 0 Å². The summed E-state index contributed by atoms with van der Waals surface area (Å²) in [6.45, 7) is 0.213. The zero-order valence-electron chi connectivity index (χ0n) is 18.4. The number of benzene rings is 1. The SMILES string of the molecule is CO[C@@H]1C[C@H](C(=O)NC2=C(F)CC(n3ccccc3=O)C=C2)N(C(=O)Nc2ccc(Cl)cc2)C1. The first-order valence-electron chi connectivity index (χ1n) is 10.8. The van der Waals surface area contributed by atoms with Crippen molar-refractivity contribution in [2.24, 2.45) is 0 Å². The summed E-state index contributed by atoms with van der Waals surface area (Å²) < 4.78 is 21.7. The van der Waals surface area contributed by atoms with E-state index in [4.69, 9.17) is 16.3 Å². The lowest BCUT2D eigenvalue weighted by molar-refractivity contribution is -0.124. The maximum absolute atomic E-state index is 14.9. The van der Waals surface area contributed by atoms with Crippen molar-refractivity contribution >= 4 is 29.2 Å². The number of hydrogen-bond donors (Lipinski definition) is 2. The van der Waals surface area contributed by atoms with Crippen molar-refractivity contribution in [3.05, 3.63) is 87.7 Å². The van der Waals surface area contributed by atoms with Gasteiger partial charge in [-0.25, -0.2) is 9.18 Å². The first-order chi connectivity index (χ1) is 16.4. The standard InChI is InChI=1S/C24H24ClFN4O4/c1-34-18-13-21(30(14-18)24(33)27-16-7-5-15(25)6-8-16)23(32)28-20-10-9-17(12-19(20)26)29-11-3-2-4-22(29)31/h2-11,17-18,21H,12-14H2,1H3,(H,27,33)(H,28,32)/t17?,18-,21-/m1/s1. The van der Waals surface area contributed by atoms with Crippen molar-refractivity contribution in [2.45, 2.75) is 31.0 Å². The number of rotatable bonds is 5. The van der Waals surface area contributed by atoms with E-state index in [1.807, 2.05) is 0 Å². The highest BCUT2D eigenvalue weighted by Gasteiger charge is 2.40. The predicted octanol–water partition coefficient (Wildman–Crippen LogP) is 3.62. The summed E-state index contributed by atoms with van der Waals surface area (Å²) in [6.07, 6.45) is 4.58. The molecule has 1 aromatic carbocycles. The Morgan fingerprint density at radius 1 is 1.15 bits per heavy atom. The number of ether oxygens (including phenoxy) is 1. The quantitative estimate of drug-likeness (QED) is 0.675. The van der Waals surface area contributed by atoms with Gasteiger partial charge in [-0.3, -0.25) is 9.59 Å². The van der Waals surface area contributed by atoms with Crippen molar-refractivity contribution < 1.29 is 18.7 Å². The zero-order chi connectivity index (χ0) is 24.2. The molecule has 4 rings (SSSR count). The van der Waals surface area contributed by atoms with Crippen LogP contribution in [0.2, 0.25) is 5.02 Å². The highest BCUT2D eigenvalue weighted by Crippen LogP contribution is 2.27. The summed E-state index contributed by atoms with van der Waals surface area (Å²) in [7, 11) is 1.51. The molecule has 8 nitrogen and oxygen atoms in total. The number of halogens is 2. The average Bonchev–Trinajstić information content (AvgIpc) is 3.27. The van der Waals surface area contributed by atoms with E-state index in [2.05, 4.69) is 10.6 Å².